The number of aliphatic hydroxyl groups is 2. The number of aliphatic hydroxyl groups excluding tert-OH is 1. The number of methoxy groups -OCH3 is 1. The summed E-state index contributed by atoms with van der Waals surface area (Å²) in [5.41, 5.74) is -0.368. The van der Waals surface area contributed by atoms with E-state index in [0.29, 0.717) is 0 Å². The zero-order valence-corrected chi connectivity index (χ0v) is 10.4. The van der Waals surface area contributed by atoms with Crippen LogP contribution in [-0.4, -0.2) is 51.8 Å². The first kappa shape index (κ1) is 12.0. The summed E-state index contributed by atoms with van der Waals surface area (Å²) >= 11 is 4.99. The number of nitrogens with one attached hydrogen (secondary N) is 1. The minimum atomic E-state index is -2.11. The molecule has 18 heavy (non-hydrogen) atoms. The molecule has 4 atom stereocenters. The van der Waals surface area contributed by atoms with Crippen LogP contribution in [0, 0.1) is 4.77 Å². The van der Waals surface area contributed by atoms with E-state index in [1.165, 1.54) is 23.9 Å². The van der Waals surface area contributed by atoms with E-state index < -0.39 is 31.1 Å². The van der Waals surface area contributed by atoms with E-state index in [1.807, 2.05) is 0 Å². The van der Waals surface area contributed by atoms with Gasteiger partial charge in [-0.25, -0.2) is 0 Å². The fraction of sp³-hybridized carbons (Fsp3) is 0.600. The summed E-state index contributed by atoms with van der Waals surface area (Å²) in [4.78, 5) is 13.5. The highest BCUT2D eigenvalue weighted by molar-refractivity contribution is 7.71. The molecule has 0 spiro atoms. The van der Waals surface area contributed by atoms with Crippen LogP contribution in [0.2, 0.25) is 0 Å². The monoisotopic (exact) mass is 275 g/mol. The fourth-order valence-corrected chi connectivity index (χ4v) is 2.12. The average molecular weight is 275 g/mol. The lowest BCUT2D eigenvalue weighted by Gasteiger charge is -2.20. The molecule has 0 amide bonds. The van der Waals surface area contributed by atoms with Gasteiger partial charge in [-0.1, -0.05) is 0 Å². The molecule has 1 aromatic heterocycles. The molecule has 8 heteroatoms. The molecular formula is C10H14N2O5S. The number of H-pyrrole nitrogens is 1. The molecule has 1 saturated heterocycles. The summed E-state index contributed by atoms with van der Waals surface area (Å²) < 4.78 is 19.7. The van der Waals surface area contributed by atoms with Crippen LogP contribution < -0.4 is 5.56 Å². The first-order valence-electron chi connectivity index (χ1n) is 5.74. The van der Waals surface area contributed by atoms with Crippen molar-refractivity contribution in [2.75, 3.05) is 13.7 Å². The van der Waals surface area contributed by atoms with Crippen LogP contribution in [-0.2, 0) is 9.47 Å². The van der Waals surface area contributed by atoms with Crippen molar-refractivity contribution in [1.29, 1.82) is 0 Å². The average Bonchev–Trinajstić information content (AvgIpc) is 2.59. The van der Waals surface area contributed by atoms with Gasteiger partial charge in [0.2, 0.25) is 0 Å². The van der Waals surface area contributed by atoms with E-state index in [0.717, 1.165) is 0 Å². The van der Waals surface area contributed by atoms with Crippen LogP contribution in [0.25, 0.3) is 0 Å². The maximum absolute atomic E-state index is 11.1. The highest BCUT2D eigenvalue weighted by atomic mass is 32.1. The summed E-state index contributed by atoms with van der Waals surface area (Å²) in [5.74, 6) is 0. The third kappa shape index (κ3) is 2.25. The Morgan fingerprint density at radius 2 is 2.50 bits per heavy atom. The van der Waals surface area contributed by atoms with Crippen molar-refractivity contribution in [3.8, 4) is 0 Å². The molecule has 0 saturated carbocycles. The molecule has 2 rings (SSSR count). The molecular weight excluding hydrogens is 260 g/mol. The van der Waals surface area contributed by atoms with Crippen LogP contribution in [0.5, 0.6) is 0 Å². The molecule has 0 unspecified atom stereocenters. The number of aromatic nitrogens is 2. The lowest BCUT2D eigenvalue weighted by Crippen LogP contribution is -2.35. The lowest BCUT2D eigenvalue weighted by atomic mass is 10.1. The number of aromatic amines is 1. The molecule has 1 aliphatic heterocycles. The summed E-state index contributed by atoms with van der Waals surface area (Å²) in [6.07, 6.45) is -3.82. The Kier molecular flexibility index (Phi) is 3.52. The summed E-state index contributed by atoms with van der Waals surface area (Å²) in [5, 5.41) is 19.2. The topological polar surface area (TPSA) is 96.7 Å². The Labute approximate surface area is 109 Å². The Morgan fingerprint density at radius 1 is 1.78 bits per heavy atom. The van der Waals surface area contributed by atoms with Gasteiger partial charge in [0.05, 0.1) is 7.98 Å². The molecule has 1 fully saturated rings. The zero-order chi connectivity index (χ0) is 14.2. The predicted octanol–water partition coefficient (Wildman–Crippen LogP) is -0.829. The van der Waals surface area contributed by atoms with Gasteiger partial charge in [-0.2, -0.15) is 0 Å². The highest BCUT2D eigenvalue weighted by Crippen LogP contribution is 2.30. The van der Waals surface area contributed by atoms with Gasteiger partial charge in [0.15, 0.2) is 11.0 Å². The van der Waals surface area contributed by atoms with Crippen LogP contribution in [0.3, 0.4) is 0 Å². The SMILES string of the molecule is [2H][C@@]1(O)[C@@H](CO)O[C@@H](n2ccc(=O)[nH]c2=S)[C@@H]1OC. The van der Waals surface area contributed by atoms with E-state index in [9.17, 15) is 9.90 Å². The summed E-state index contributed by atoms with van der Waals surface area (Å²) in [6, 6.07) is 1.24. The van der Waals surface area contributed by atoms with Crippen molar-refractivity contribution in [3.63, 3.8) is 0 Å². The second kappa shape index (κ2) is 5.29. The van der Waals surface area contributed by atoms with Crippen molar-refractivity contribution >= 4 is 12.2 Å². The van der Waals surface area contributed by atoms with Crippen molar-refractivity contribution in [1.82, 2.24) is 9.55 Å². The quantitative estimate of drug-likeness (QED) is 0.623. The normalized spacial score (nSPS) is 36.6. The first-order valence-corrected chi connectivity index (χ1v) is 5.65. The smallest absolute Gasteiger partial charge is 0.251 e. The maximum atomic E-state index is 11.1. The van der Waals surface area contributed by atoms with Crippen LogP contribution in [0.4, 0.5) is 0 Å². The number of nitrogens with zero attached hydrogens (tertiary/aromatic N) is 1. The van der Waals surface area contributed by atoms with Gasteiger partial charge in [0.1, 0.15) is 18.3 Å². The lowest BCUT2D eigenvalue weighted by molar-refractivity contribution is -0.0616. The minimum Gasteiger partial charge on any atom is -0.394 e. The van der Waals surface area contributed by atoms with Crippen molar-refractivity contribution in [2.24, 2.45) is 0 Å². The molecule has 0 radical (unpaired) electrons. The largest absolute Gasteiger partial charge is 0.394 e. The van der Waals surface area contributed by atoms with Gasteiger partial charge in [-0.3, -0.25) is 14.3 Å². The van der Waals surface area contributed by atoms with E-state index in [4.69, 9.17) is 28.2 Å². The molecule has 3 N–H and O–H groups in total. The van der Waals surface area contributed by atoms with E-state index in [-0.39, 0.29) is 10.3 Å². The first-order chi connectivity index (χ1) is 8.91. The van der Waals surface area contributed by atoms with E-state index >= 15 is 0 Å². The Morgan fingerprint density at radius 3 is 3.06 bits per heavy atom. The molecule has 1 aliphatic rings. The van der Waals surface area contributed by atoms with Crippen molar-refractivity contribution < 1.29 is 21.1 Å². The maximum Gasteiger partial charge on any atom is 0.251 e. The van der Waals surface area contributed by atoms with Crippen LogP contribution in [0.1, 0.15) is 7.60 Å². The number of hydrogen-bond donors (Lipinski definition) is 3. The molecule has 0 aliphatic carbocycles. The Balaban J connectivity index is 2.45. The molecule has 0 bridgehead atoms. The molecule has 0 aromatic carbocycles. The predicted molar refractivity (Wildman–Crippen MR) is 63.7 cm³/mol. The van der Waals surface area contributed by atoms with Crippen molar-refractivity contribution in [3.05, 3.63) is 27.4 Å². The second-order valence-electron chi connectivity index (χ2n) is 3.80. The third-order valence-corrected chi connectivity index (χ3v) is 3.04. The Bertz CT molecular complexity index is 572. The molecule has 1 aromatic rings. The van der Waals surface area contributed by atoms with Crippen LogP contribution >= 0.6 is 12.2 Å². The fourth-order valence-electron chi connectivity index (χ4n) is 1.85. The van der Waals surface area contributed by atoms with Crippen LogP contribution in [0.15, 0.2) is 17.1 Å². The summed E-state index contributed by atoms with van der Waals surface area (Å²) in [6.45, 7) is -0.535. The van der Waals surface area contributed by atoms with Gasteiger partial charge in [-0.05, 0) is 12.2 Å². The van der Waals surface area contributed by atoms with Gasteiger partial charge in [0.25, 0.3) is 5.56 Å². The van der Waals surface area contributed by atoms with Gasteiger partial charge in [0, 0.05) is 19.4 Å². The highest BCUT2D eigenvalue weighted by Gasteiger charge is 2.44. The third-order valence-electron chi connectivity index (χ3n) is 2.73. The van der Waals surface area contributed by atoms with E-state index in [2.05, 4.69) is 4.98 Å². The Hall–Kier alpha value is -1.06. The molecule has 100 valence electrons. The minimum absolute atomic E-state index is 0.0777. The number of ether oxygens (including phenoxy) is 2. The molecule has 7 nitrogen and oxygen atoms in total. The zero-order valence-electron chi connectivity index (χ0n) is 10.6. The van der Waals surface area contributed by atoms with Gasteiger partial charge < -0.3 is 19.7 Å². The van der Waals surface area contributed by atoms with Crippen molar-refractivity contribution in [2.45, 2.75) is 24.5 Å². The standard InChI is InChI=1S/C10H14N2O5S/c1-16-8-7(15)5(4-13)17-9(8)12-3-2-6(14)11-10(12)18/h2-3,5,7-9,13,15H,4H2,1H3,(H,11,14,18)/t5-,7-,8-,9-/m1/s1/i7D. The second-order valence-corrected chi connectivity index (χ2v) is 4.18. The summed E-state index contributed by atoms with van der Waals surface area (Å²) in [7, 11) is 1.32. The number of hydrogen-bond acceptors (Lipinski definition) is 6. The number of rotatable bonds is 3. The molecule has 2 heterocycles. The van der Waals surface area contributed by atoms with E-state index in [1.54, 1.807) is 0 Å². The van der Waals surface area contributed by atoms with Gasteiger partial charge >= 0.3 is 0 Å². The van der Waals surface area contributed by atoms with Gasteiger partial charge in [-0.15, -0.1) is 0 Å².